The first-order chi connectivity index (χ1) is 19.4. The smallest absolute Gasteiger partial charge is 0.239 e. The van der Waals surface area contributed by atoms with Crippen LogP contribution in [0.15, 0.2) is 67.0 Å². The van der Waals surface area contributed by atoms with Crippen LogP contribution in [-0.2, 0) is 17.9 Å². The lowest BCUT2D eigenvalue weighted by Gasteiger charge is -2.15. The minimum absolute atomic E-state index is 0.0587. The van der Waals surface area contributed by atoms with Crippen LogP contribution in [0.4, 0.5) is 11.8 Å². The first-order valence-corrected chi connectivity index (χ1v) is 14.3. The van der Waals surface area contributed by atoms with Gasteiger partial charge in [-0.25, -0.2) is 4.98 Å². The van der Waals surface area contributed by atoms with E-state index in [0.29, 0.717) is 40.6 Å². The predicted octanol–water partition coefficient (Wildman–Crippen LogP) is 7.10. The van der Waals surface area contributed by atoms with Gasteiger partial charge in [0.1, 0.15) is 5.82 Å². The second kappa shape index (κ2) is 15.2. The molecule has 40 heavy (non-hydrogen) atoms. The molecule has 10 heteroatoms. The summed E-state index contributed by atoms with van der Waals surface area (Å²) in [7, 11) is 0. The molecule has 2 aromatic heterocycles. The minimum atomic E-state index is -0.165. The third-order valence-corrected chi connectivity index (χ3v) is 7.07. The number of carbonyl (C=O) groups excluding carboxylic acids is 1. The van der Waals surface area contributed by atoms with Crippen LogP contribution in [0, 0.1) is 5.92 Å². The van der Waals surface area contributed by atoms with Crippen molar-refractivity contribution in [3.8, 4) is 11.3 Å². The molecule has 0 radical (unpaired) electrons. The highest BCUT2D eigenvalue weighted by Crippen LogP contribution is 2.22. The molecule has 2 heterocycles. The second-order valence-electron chi connectivity index (χ2n) is 9.93. The number of amides is 1. The zero-order valence-electron chi connectivity index (χ0n) is 22.6. The van der Waals surface area contributed by atoms with Crippen molar-refractivity contribution in [1.29, 1.82) is 0 Å². The van der Waals surface area contributed by atoms with Crippen molar-refractivity contribution in [3.05, 3.63) is 88.2 Å². The molecule has 210 valence electrons. The molecule has 2 aromatic carbocycles. The monoisotopic (exact) mass is 579 g/mol. The first-order valence-electron chi connectivity index (χ1n) is 13.6. The Bertz CT molecular complexity index is 1340. The average Bonchev–Trinajstić information content (AvgIpc) is 3.51. The fourth-order valence-electron chi connectivity index (χ4n) is 4.33. The van der Waals surface area contributed by atoms with E-state index in [9.17, 15) is 4.79 Å². The number of hydrogen-bond donors (Lipinski definition) is 4. The molecule has 8 nitrogen and oxygen atoms in total. The van der Waals surface area contributed by atoms with Crippen LogP contribution in [-0.4, -0.2) is 32.6 Å². The van der Waals surface area contributed by atoms with Crippen LogP contribution in [0.1, 0.15) is 50.2 Å². The van der Waals surface area contributed by atoms with Gasteiger partial charge in [0.05, 0.1) is 18.4 Å². The number of hydrogen-bond acceptors (Lipinski definition) is 6. The zero-order chi connectivity index (χ0) is 28.2. The molecular weight excluding hydrogens is 545 g/mol. The van der Waals surface area contributed by atoms with Crippen molar-refractivity contribution < 1.29 is 4.79 Å². The number of benzene rings is 2. The van der Waals surface area contributed by atoms with E-state index in [-0.39, 0.29) is 12.5 Å². The quantitative estimate of drug-likeness (QED) is 0.168. The number of aromatic nitrogens is 4. The summed E-state index contributed by atoms with van der Waals surface area (Å²) >= 11 is 12.0. The molecule has 1 aliphatic rings. The van der Waals surface area contributed by atoms with Crippen molar-refractivity contribution >= 4 is 40.9 Å². The number of H-pyrrole nitrogens is 1. The summed E-state index contributed by atoms with van der Waals surface area (Å²) in [6.45, 7) is 3.33. The Morgan fingerprint density at radius 3 is 2.40 bits per heavy atom. The lowest BCUT2D eigenvalue weighted by atomic mass is 9.91. The Hall–Kier alpha value is -3.62. The van der Waals surface area contributed by atoms with E-state index in [1.165, 1.54) is 32.1 Å². The van der Waals surface area contributed by atoms with Gasteiger partial charge in [0, 0.05) is 41.0 Å². The van der Waals surface area contributed by atoms with Crippen molar-refractivity contribution in [3.63, 3.8) is 0 Å². The van der Waals surface area contributed by atoms with Gasteiger partial charge in [-0.05, 0) is 41.3 Å². The van der Waals surface area contributed by atoms with Gasteiger partial charge in [0.2, 0.25) is 11.9 Å². The van der Waals surface area contributed by atoms with Gasteiger partial charge < -0.3 is 16.0 Å². The minimum Gasteiger partial charge on any atom is -0.361 e. The van der Waals surface area contributed by atoms with Crippen LogP contribution < -0.4 is 16.0 Å². The number of nitrogens with one attached hydrogen (secondary N) is 4. The van der Waals surface area contributed by atoms with E-state index < -0.39 is 0 Å². The van der Waals surface area contributed by atoms with Gasteiger partial charge in [0.25, 0.3) is 0 Å². The fraction of sp³-hybridized carbons (Fsp3) is 0.333. The largest absolute Gasteiger partial charge is 0.361 e. The highest BCUT2D eigenvalue weighted by atomic mass is 35.5. The molecule has 4 aromatic rings. The second-order valence-corrected chi connectivity index (χ2v) is 10.8. The molecular formula is C30H35Cl2N7O. The summed E-state index contributed by atoms with van der Waals surface area (Å²) in [5, 5.41) is 17.2. The molecule has 0 saturated heterocycles. The Balaban J connectivity index is 0.000000461. The fourth-order valence-corrected chi connectivity index (χ4v) is 4.67. The van der Waals surface area contributed by atoms with Crippen LogP contribution in [0.3, 0.4) is 0 Å². The zero-order valence-corrected chi connectivity index (χ0v) is 24.1. The van der Waals surface area contributed by atoms with Crippen molar-refractivity contribution in [2.75, 3.05) is 17.2 Å². The normalized spacial score (nSPS) is 13.2. The molecule has 5 rings (SSSR count). The van der Waals surface area contributed by atoms with Gasteiger partial charge in [-0.15, -0.1) is 0 Å². The maximum Gasteiger partial charge on any atom is 0.239 e. The summed E-state index contributed by atoms with van der Waals surface area (Å²) in [4.78, 5) is 21.4. The number of halogens is 2. The molecule has 0 bridgehead atoms. The number of nitrogens with zero attached hydrogens (tertiary/aromatic N) is 3. The molecule has 4 N–H and O–H groups in total. The van der Waals surface area contributed by atoms with E-state index in [0.717, 1.165) is 22.6 Å². The molecule has 1 fully saturated rings. The van der Waals surface area contributed by atoms with Crippen LogP contribution >= 0.6 is 23.2 Å². The lowest BCUT2D eigenvalue weighted by molar-refractivity contribution is -0.119. The van der Waals surface area contributed by atoms with Gasteiger partial charge >= 0.3 is 0 Å². The van der Waals surface area contributed by atoms with Crippen LogP contribution in [0.5, 0.6) is 0 Å². The number of aromatic amines is 1. The van der Waals surface area contributed by atoms with Gasteiger partial charge in [0.15, 0.2) is 0 Å². The van der Waals surface area contributed by atoms with E-state index in [1.54, 1.807) is 30.6 Å². The summed E-state index contributed by atoms with van der Waals surface area (Å²) in [5.41, 5.74) is 3.43. The van der Waals surface area contributed by atoms with E-state index in [1.807, 2.05) is 36.4 Å². The maximum atomic E-state index is 12.3. The third-order valence-electron chi connectivity index (χ3n) is 6.59. The Kier molecular flexibility index (Phi) is 11.2. The Morgan fingerprint density at radius 2 is 1.73 bits per heavy atom. The average molecular weight is 581 g/mol. The highest BCUT2D eigenvalue weighted by Gasteiger charge is 2.10. The summed E-state index contributed by atoms with van der Waals surface area (Å²) in [6.07, 6.45) is 10.9. The number of carbonyl (C=O) groups is 1. The predicted molar refractivity (Wildman–Crippen MR) is 162 cm³/mol. The van der Waals surface area contributed by atoms with Crippen molar-refractivity contribution in [2.24, 2.45) is 5.92 Å². The first kappa shape index (κ1) is 29.4. The SMILES string of the molecule is CC1CCCCC1.O=C(CNc1cc(-c2cn[nH]c2)nc(NCc2cccc(Cl)c2)n1)NCc1ccc(Cl)cc1. The lowest BCUT2D eigenvalue weighted by Crippen LogP contribution is -2.29. The van der Waals surface area contributed by atoms with Crippen molar-refractivity contribution in [1.82, 2.24) is 25.5 Å². The van der Waals surface area contributed by atoms with Gasteiger partial charge in [-0.3, -0.25) is 9.89 Å². The molecule has 0 atom stereocenters. The number of anilines is 2. The number of rotatable bonds is 9. The van der Waals surface area contributed by atoms with Crippen molar-refractivity contribution in [2.45, 2.75) is 52.1 Å². The van der Waals surface area contributed by atoms with Crippen LogP contribution in [0.2, 0.25) is 10.0 Å². The maximum absolute atomic E-state index is 12.3. The van der Waals surface area contributed by atoms with Gasteiger partial charge in [-0.2, -0.15) is 10.1 Å². The topological polar surface area (TPSA) is 108 Å². The molecule has 0 spiro atoms. The summed E-state index contributed by atoms with van der Waals surface area (Å²) < 4.78 is 0. The van der Waals surface area contributed by atoms with E-state index in [2.05, 4.69) is 43.0 Å². The molecule has 1 amide bonds. The third kappa shape index (κ3) is 9.84. The van der Waals surface area contributed by atoms with Crippen LogP contribution in [0.25, 0.3) is 11.3 Å². The molecule has 1 aliphatic carbocycles. The Labute approximate surface area is 245 Å². The molecule has 1 saturated carbocycles. The van der Waals surface area contributed by atoms with E-state index >= 15 is 0 Å². The Morgan fingerprint density at radius 1 is 0.925 bits per heavy atom. The summed E-state index contributed by atoms with van der Waals surface area (Å²) in [6, 6.07) is 16.6. The molecule has 0 aliphatic heterocycles. The highest BCUT2D eigenvalue weighted by molar-refractivity contribution is 6.30. The standard InChI is InChI=1S/C23H21Cl2N7O.C7H14/c24-18-6-4-15(5-7-18)10-27-22(33)14-26-21-9-20(17-12-29-30-13-17)31-23(32-21)28-11-16-2-1-3-19(25)8-16;1-7-5-3-2-4-6-7/h1-9,12-13H,10-11,14H2,(H,27,33)(H,29,30)(H2,26,28,31,32);7H,2-6H2,1H3. The van der Waals surface area contributed by atoms with Gasteiger partial charge in [-0.1, -0.05) is 86.5 Å². The van der Waals surface area contributed by atoms with E-state index in [4.69, 9.17) is 23.2 Å². The summed E-state index contributed by atoms with van der Waals surface area (Å²) in [5.74, 6) is 1.80. The molecule has 0 unspecified atom stereocenters.